The predicted molar refractivity (Wildman–Crippen MR) is 101 cm³/mol. The molecule has 0 aliphatic carbocycles. The molecular weight excluding hydrogens is 424 g/mol. The van der Waals surface area contributed by atoms with Gasteiger partial charge in [-0.1, -0.05) is 30.2 Å². The molecule has 1 N–H and O–H groups in total. The molecule has 2 heterocycles. The van der Waals surface area contributed by atoms with Gasteiger partial charge in [0.05, 0.1) is 0 Å². The van der Waals surface area contributed by atoms with E-state index < -0.39 is 36.5 Å². The summed E-state index contributed by atoms with van der Waals surface area (Å²) in [5, 5.41) is 1.34. The summed E-state index contributed by atoms with van der Waals surface area (Å²) in [6, 6.07) is 7.07. The van der Waals surface area contributed by atoms with Crippen LogP contribution in [0.2, 0.25) is 0 Å². The molecule has 168 valence electrons. The highest BCUT2D eigenvalue weighted by Crippen LogP contribution is 2.50. The van der Waals surface area contributed by atoms with Gasteiger partial charge in [-0.05, 0) is 43.5 Å². The van der Waals surface area contributed by atoms with Gasteiger partial charge in [-0.15, -0.1) is 0 Å². The van der Waals surface area contributed by atoms with Crippen molar-refractivity contribution in [3.05, 3.63) is 65.5 Å². The van der Waals surface area contributed by atoms with Gasteiger partial charge in [-0.25, -0.2) is 0 Å². The number of nitrogens with zero attached hydrogens (tertiary/aromatic N) is 2. The van der Waals surface area contributed by atoms with Crippen LogP contribution in [0.1, 0.15) is 46.8 Å². The number of hydrogen-bond donors (Lipinski definition) is 1. The van der Waals surface area contributed by atoms with Crippen LogP contribution in [-0.4, -0.2) is 40.4 Å². The van der Waals surface area contributed by atoms with Gasteiger partial charge in [0.15, 0.2) is 0 Å². The average molecular weight is 445 g/mol. The van der Waals surface area contributed by atoms with E-state index in [1.807, 2.05) is 0 Å². The van der Waals surface area contributed by atoms with Crippen LogP contribution in [0.5, 0.6) is 0 Å². The number of halogens is 6. The van der Waals surface area contributed by atoms with Crippen molar-refractivity contribution in [3.63, 3.8) is 0 Å². The van der Waals surface area contributed by atoms with Crippen LogP contribution in [0.3, 0.4) is 0 Å². The SMILES string of the molecule is Cc1cccc(C(=O)NC(N2CCCC[C@H]2c2cccnc2)(C(F)(F)F)C(F)(F)F)c1. The maximum Gasteiger partial charge on any atom is 0.434 e. The number of carbonyl (C=O) groups is 1. The zero-order valence-corrected chi connectivity index (χ0v) is 16.6. The van der Waals surface area contributed by atoms with Crippen molar-refractivity contribution in [1.82, 2.24) is 15.2 Å². The van der Waals surface area contributed by atoms with Crippen LogP contribution < -0.4 is 5.32 Å². The molecule has 10 heteroatoms. The lowest BCUT2D eigenvalue weighted by molar-refractivity contribution is -0.356. The second-order valence-corrected chi connectivity index (χ2v) is 7.52. The first-order valence-electron chi connectivity index (χ1n) is 9.66. The Labute approximate surface area is 175 Å². The average Bonchev–Trinajstić information content (AvgIpc) is 2.70. The Bertz CT molecular complexity index is 899. The predicted octanol–water partition coefficient (Wildman–Crippen LogP) is 5.17. The highest BCUT2D eigenvalue weighted by Gasteiger charge is 2.76. The fourth-order valence-electron chi connectivity index (χ4n) is 3.98. The molecule has 31 heavy (non-hydrogen) atoms. The summed E-state index contributed by atoms with van der Waals surface area (Å²) in [5.41, 5.74) is -4.08. The van der Waals surface area contributed by atoms with E-state index in [-0.39, 0.29) is 24.0 Å². The minimum absolute atomic E-state index is 0.0694. The number of alkyl halides is 6. The number of hydrogen-bond acceptors (Lipinski definition) is 3. The Hall–Kier alpha value is -2.62. The van der Waals surface area contributed by atoms with Gasteiger partial charge < -0.3 is 5.32 Å². The number of amides is 1. The van der Waals surface area contributed by atoms with Crippen molar-refractivity contribution in [2.75, 3.05) is 6.54 Å². The molecule has 4 nitrogen and oxygen atoms in total. The minimum atomic E-state index is -5.83. The molecule has 0 saturated carbocycles. The van der Waals surface area contributed by atoms with Crippen molar-refractivity contribution in [2.24, 2.45) is 0 Å². The third kappa shape index (κ3) is 4.39. The number of piperidine rings is 1. The second-order valence-electron chi connectivity index (χ2n) is 7.52. The number of nitrogens with one attached hydrogen (secondary N) is 1. The molecule has 1 aliphatic heterocycles. The second kappa shape index (κ2) is 8.49. The Morgan fingerprint density at radius 2 is 1.77 bits per heavy atom. The van der Waals surface area contributed by atoms with Crippen molar-refractivity contribution in [1.29, 1.82) is 0 Å². The topological polar surface area (TPSA) is 45.2 Å². The van der Waals surface area contributed by atoms with E-state index in [1.165, 1.54) is 48.0 Å². The zero-order valence-electron chi connectivity index (χ0n) is 16.6. The molecule has 1 aliphatic rings. The van der Waals surface area contributed by atoms with E-state index in [0.717, 1.165) is 0 Å². The molecule has 1 atom stereocenters. The molecule has 0 unspecified atom stereocenters. The lowest BCUT2D eigenvalue weighted by Gasteiger charge is -2.50. The number of benzene rings is 1. The fourth-order valence-corrected chi connectivity index (χ4v) is 3.98. The van der Waals surface area contributed by atoms with E-state index in [9.17, 15) is 31.1 Å². The molecule has 1 saturated heterocycles. The lowest BCUT2D eigenvalue weighted by atomic mass is 9.91. The maximum absolute atomic E-state index is 14.3. The van der Waals surface area contributed by atoms with Crippen LogP contribution in [-0.2, 0) is 0 Å². The number of rotatable bonds is 4. The summed E-state index contributed by atoms with van der Waals surface area (Å²) in [5.74, 6) is -1.45. The van der Waals surface area contributed by atoms with Gasteiger partial charge in [0, 0.05) is 30.5 Å². The van der Waals surface area contributed by atoms with E-state index >= 15 is 0 Å². The van der Waals surface area contributed by atoms with Gasteiger partial charge in [0.2, 0.25) is 0 Å². The molecule has 3 rings (SSSR count). The number of carbonyl (C=O) groups excluding carboxylic acids is 1. The van der Waals surface area contributed by atoms with E-state index in [4.69, 9.17) is 0 Å². The summed E-state index contributed by atoms with van der Waals surface area (Å²) >= 11 is 0. The summed E-state index contributed by atoms with van der Waals surface area (Å²) in [6.07, 6.45) is -8.37. The van der Waals surface area contributed by atoms with E-state index in [1.54, 1.807) is 13.0 Å². The molecule has 1 aromatic carbocycles. The van der Waals surface area contributed by atoms with E-state index in [0.29, 0.717) is 16.9 Å². The maximum atomic E-state index is 14.3. The summed E-state index contributed by atoms with van der Waals surface area (Å²) < 4.78 is 85.8. The van der Waals surface area contributed by atoms with Crippen molar-refractivity contribution < 1.29 is 31.1 Å². The Morgan fingerprint density at radius 1 is 1.06 bits per heavy atom. The van der Waals surface area contributed by atoms with E-state index in [2.05, 4.69) is 4.98 Å². The lowest BCUT2D eigenvalue weighted by Crippen LogP contribution is -2.77. The Kier molecular flexibility index (Phi) is 6.31. The summed E-state index contributed by atoms with van der Waals surface area (Å²) in [4.78, 5) is 16.8. The first-order valence-corrected chi connectivity index (χ1v) is 9.66. The quantitative estimate of drug-likeness (QED) is 0.661. The number of aryl methyl sites for hydroxylation is 1. The highest BCUT2D eigenvalue weighted by atomic mass is 19.4. The summed E-state index contributed by atoms with van der Waals surface area (Å²) in [6.45, 7) is 1.09. The number of pyridine rings is 1. The largest absolute Gasteiger partial charge is 0.434 e. The number of aromatic nitrogens is 1. The Balaban J connectivity index is 2.14. The molecule has 2 aromatic rings. The van der Waals surface area contributed by atoms with Crippen LogP contribution >= 0.6 is 0 Å². The molecule has 1 fully saturated rings. The van der Waals surface area contributed by atoms with Gasteiger partial charge in [0.1, 0.15) is 0 Å². The van der Waals surface area contributed by atoms with Crippen LogP contribution in [0.25, 0.3) is 0 Å². The van der Waals surface area contributed by atoms with Gasteiger partial charge >= 0.3 is 12.4 Å². The van der Waals surface area contributed by atoms with Crippen molar-refractivity contribution in [3.8, 4) is 0 Å². The molecule has 0 bridgehead atoms. The first kappa shape index (κ1) is 23.1. The zero-order chi connectivity index (χ0) is 22.9. The highest BCUT2D eigenvalue weighted by molar-refractivity contribution is 5.95. The molecule has 0 radical (unpaired) electrons. The minimum Gasteiger partial charge on any atom is -0.318 e. The van der Waals surface area contributed by atoms with Gasteiger partial charge in [-0.3, -0.25) is 14.7 Å². The smallest absolute Gasteiger partial charge is 0.318 e. The van der Waals surface area contributed by atoms with Gasteiger partial charge in [-0.2, -0.15) is 26.3 Å². The third-order valence-electron chi connectivity index (χ3n) is 5.40. The van der Waals surface area contributed by atoms with Crippen LogP contribution in [0, 0.1) is 6.92 Å². The monoisotopic (exact) mass is 445 g/mol. The molecule has 1 amide bonds. The molecule has 1 aromatic heterocycles. The third-order valence-corrected chi connectivity index (χ3v) is 5.40. The first-order chi connectivity index (χ1) is 14.5. The molecule has 0 spiro atoms. The van der Waals surface area contributed by atoms with Crippen LogP contribution in [0.4, 0.5) is 26.3 Å². The van der Waals surface area contributed by atoms with Gasteiger partial charge in [0.25, 0.3) is 11.6 Å². The summed E-state index contributed by atoms with van der Waals surface area (Å²) in [7, 11) is 0. The Morgan fingerprint density at radius 3 is 2.35 bits per heavy atom. The number of likely N-dealkylation sites (tertiary alicyclic amines) is 1. The standard InChI is InChI=1S/C21H21F6N3O/c1-14-6-4-7-15(12-14)18(31)29-19(20(22,23)24,21(25,26)27)30-11-3-2-9-17(30)16-8-5-10-28-13-16/h4-8,10,12-13,17H,2-3,9,11H2,1H3,(H,29,31)/t17-/m0/s1. The van der Waals surface area contributed by atoms with Crippen molar-refractivity contribution >= 4 is 5.91 Å². The normalized spacial score (nSPS) is 18.6. The van der Waals surface area contributed by atoms with Crippen molar-refractivity contribution in [2.45, 2.75) is 50.2 Å². The molecular formula is C21H21F6N3O. The fraction of sp³-hybridized carbons (Fsp3) is 0.429. The van der Waals surface area contributed by atoms with Crippen LogP contribution in [0.15, 0.2) is 48.8 Å².